The molecule has 18 heavy (non-hydrogen) atoms. The van der Waals surface area contributed by atoms with Crippen LogP contribution in [0.2, 0.25) is 0 Å². The van der Waals surface area contributed by atoms with Crippen molar-refractivity contribution in [1.29, 1.82) is 0 Å². The van der Waals surface area contributed by atoms with Crippen LogP contribution in [0, 0.1) is 0 Å². The molecule has 0 aliphatic rings. The molecule has 0 atom stereocenters. The molecule has 0 bridgehead atoms. The maximum absolute atomic E-state index is 10.3. The Morgan fingerprint density at radius 3 is 2.78 bits per heavy atom. The van der Waals surface area contributed by atoms with Crippen molar-refractivity contribution >= 4 is 27.6 Å². The summed E-state index contributed by atoms with van der Waals surface area (Å²) in [4.78, 5) is 10.3. The van der Waals surface area contributed by atoms with Crippen LogP contribution in [0.1, 0.15) is 38.2 Å². The molecule has 0 aromatic heterocycles. The second-order valence-electron chi connectivity index (χ2n) is 4.29. The van der Waals surface area contributed by atoms with Gasteiger partial charge in [-0.15, -0.1) is 0 Å². The molecule has 0 radical (unpaired) electrons. The average molecular weight is 314 g/mol. The maximum Gasteiger partial charge on any atom is 0.303 e. The van der Waals surface area contributed by atoms with Crippen LogP contribution in [-0.4, -0.2) is 17.6 Å². The van der Waals surface area contributed by atoms with Gasteiger partial charge in [0.05, 0.1) is 0 Å². The SMILES string of the molecule is CCc1cc(Br)ccc1NCCCCCC(=O)O. The number of benzene rings is 1. The summed E-state index contributed by atoms with van der Waals surface area (Å²) in [5.41, 5.74) is 2.48. The monoisotopic (exact) mass is 313 g/mol. The van der Waals surface area contributed by atoms with E-state index in [1.807, 2.05) is 6.07 Å². The van der Waals surface area contributed by atoms with Crippen LogP contribution in [0.15, 0.2) is 22.7 Å². The standard InChI is InChI=1S/C14H20BrNO2/c1-2-11-10-12(15)7-8-13(11)16-9-5-3-4-6-14(17)18/h7-8,10,16H,2-6,9H2,1H3,(H,17,18). The number of hydrogen-bond acceptors (Lipinski definition) is 2. The fourth-order valence-electron chi connectivity index (χ4n) is 1.83. The molecule has 1 rings (SSSR count). The molecule has 0 amide bonds. The van der Waals surface area contributed by atoms with Gasteiger partial charge in [0.25, 0.3) is 0 Å². The van der Waals surface area contributed by atoms with Crippen molar-refractivity contribution in [3.63, 3.8) is 0 Å². The summed E-state index contributed by atoms with van der Waals surface area (Å²) < 4.78 is 1.10. The molecule has 0 saturated carbocycles. The van der Waals surface area contributed by atoms with Gasteiger partial charge in [-0.3, -0.25) is 4.79 Å². The number of anilines is 1. The fourth-order valence-corrected chi connectivity index (χ4v) is 2.24. The molecule has 4 heteroatoms. The fraction of sp³-hybridized carbons (Fsp3) is 0.500. The van der Waals surface area contributed by atoms with E-state index in [1.165, 1.54) is 11.3 Å². The number of aliphatic carboxylic acids is 1. The molecule has 1 aromatic rings. The lowest BCUT2D eigenvalue weighted by molar-refractivity contribution is -0.137. The van der Waals surface area contributed by atoms with Crippen molar-refractivity contribution in [3.8, 4) is 0 Å². The summed E-state index contributed by atoms with van der Waals surface area (Å²) in [5, 5.41) is 11.9. The van der Waals surface area contributed by atoms with E-state index in [0.29, 0.717) is 0 Å². The molecular weight excluding hydrogens is 294 g/mol. The molecule has 0 fully saturated rings. The normalized spacial score (nSPS) is 10.3. The van der Waals surface area contributed by atoms with Crippen LogP contribution in [-0.2, 0) is 11.2 Å². The van der Waals surface area contributed by atoms with E-state index in [0.717, 1.165) is 36.7 Å². The number of nitrogens with one attached hydrogen (secondary N) is 1. The smallest absolute Gasteiger partial charge is 0.303 e. The largest absolute Gasteiger partial charge is 0.481 e. The van der Waals surface area contributed by atoms with Gasteiger partial charge in [-0.1, -0.05) is 29.3 Å². The van der Waals surface area contributed by atoms with Crippen LogP contribution in [0.3, 0.4) is 0 Å². The van der Waals surface area contributed by atoms with E-state index in [2.05, 4.69) is 40.3 Å². The van der Waals surface area contributed by atoms with E-state index in [9.17, 15) is 4.79 Å². The molecule has 0 heterocycles. The van der Waals surface area contributed by atoms with Gasteiger partial charge in [-0.2, -0.15) is 0 Å². The molecule has 0 aliphatic heterocycles. The molecule has 0 unspecified atom stereocenters. The zero-order valence-electron chi connectivity index (χ0n) is 10.7. The summed E-state index contributed by atoms with van der Waals surface area (Å²) in [6, 6.07) is 6.25. The summed E-state index contributed by atoms with van der Waals surface area (Å²) >= 11 is 3.47. The molecule has 0 aliphatic carbocycles. The second-order valence-corrected chi connectivity index (χ2v) is 5.20. The second kappa shape index (κ2) is 8.14. The molecule has 3 nitrogen and oxygen atoms in total. The van der Waals surface area contributed by atoms with Crippen molar-refractivity contribution in [1.82, 2.24) is 0 Å². The minimum Gasteiger partial charge on any atom is -0.481 e. The number of carboxylic acid groups (broad SMARTS) is 1. The number of carbonyl (C=O) groups is 1. The molecule has 0 saturated heterocycles. The molecule has 2 N–H and O–H groups in total. The summed E-state index contributed by atoms with van der Waals surface area (Å²) in [5.74, 6) is -0.705. The third-order valence-electron chi connectivity index (χ3n) is 2.83. The van der Waals surface area contributed by atoms with E-state index in [1.54, 1.807) is 0 Å². The number of halogens is 1. The van der Waals surface area contributed by atoms with Crippen LogP contribution < -0.4 is 5.32 Å². The van der Waals surface area contributed by atoms with Crippen molar-refractivity contribution < 1.29 is 9.90 Å². The van der Waals surface area contributed by atoms with E-state index < -0.39 is 5.97 Å². The predicted octanol–water partition coefficient (Wildman–Crippen LogP) is 4.07. The summed E-state index contributed by atoms with van der Waals surface area (Å²) in [6.07, 6.45) is 4.00. The maximum atomic E-state index is 10.3. The number of carboxylic acids is 1. The number of unbranched alkanes of at least 4 members (excludes halogenated alkanes) is 2. The molecule has 0 spiro atoms. The molecule has 100 valence electrons. The first-order valence-corrected chi connectivity index (χ1v) is 7.17. The van der Waals surface area contributed by atoms with Crippen LogP contribution in [0.4, 0.5) is 5.69 Å². The van der Waals surface area contributed by atoms with Gasteiger partial charge in [0.1, 0.15) is 0 Å². The van der Waals surface area contributed by atoms with Crippen LogP contribution in [0.5, 0.6) is 0 Å². The Labute approximate surface area is 117 Å². The average Bonchev–Trinajstić information content (AvgIpc) is 2.34. The van der Waals surface area contributed by atoms with E-state index in [-0.39, 0.29) is 6.42 Å². The Morgan fingerprint density at radius 1 is 1.33 bits per heavy atom. The van der Waals surface area contributed by atoms with Gasteiger partial charge in [0.2, 0.25) is 0 Å². The Hall–Kier alpha value is -1.03. The quantitative estimate of drug-likeness (QED) is 0.711. The Bertz CT molecular complexity index is 393. The molecule has 1 aromatic carbocycles. The first-order valence-electron chi connectivity index (χ1n) is 6.37. The van der Waals surface area contributed by atoms with Crippen molar-refractivity contribution in [2.45, 2.75) is 39.0 Å². The topological polar surface area (TPSA) is 49.3 Å². The van der Waals surface area contributed by atoms with Gasteiger partial charge in [0.15, 0.2) is 0 Å². The lowest BCUT2D eigenvalue weighted by Gasteiger charge is -2.11. The van der Waals surface area contributed by atoms with Gasteiger partial charge in [-0.05, 0) is 43.0 Å². The van der Waals surface area contributed by atoms with Gasteiger partial charge in [-0.25, -0.2) is 0 Å². The predicted molar refractivity (Wildman–Crippen MR) is 78.1 cm³/mol. The highest BCUT2D eigenvalue weighted by Gasteiger charge is 2.01. The van der Waals surface area contributed by atoms with Gasteiger partial charge >= 0.3 is 5.97 Å². The Kier molecular flexibility index (Phi) is 6.80. The van der Waals surface area contributed by atoms with Gasteiger partial charge < -0.3 is 10.4 Å². The van der Waals surface area contributed by atoms with Gasteiger partial charge in [0, 0.05) is 23.1 Å². The highest BCUT2D eigenvalue weighted by molar-refractivity contribution is 9.10. The number of aryl methyl sites for hydroxylation is 1. The first-order chi connectivity index (χ1) is 8.63. The first kappa shape index (κ1) is 15.0. The zero-order valence-corrected chi connectivity index (χ0v) is 12.3. The zero-order chi connectivity index (χ0) is 13.4. The highest BCUT2D eigenvalue weighted by atomic mass is 79.9. The minimum atomic E-state index is -0.705. The summed E-state index contributed by atoms with van der Waals surface area (Å²) in [7, 11) is 0. The molecular formula is C14H20BrNO2. The lowest BCUT2D eigenvalue weighted by Crippen LogP contribution is -2.04. The van der Waals surface area contributed by atoms with Crippen molar-refractivity contribution in [3.05, 3.63) is 28.2 Å². The number of rotatable bonds is 8. The van der Waals surface area contributed by atoms with Crippen molar-refractivity contribution in [2.75, 3.05) is 11.9 Å². The third-order valence-corrected chi connectivity index (χ3v) is 3.32. The van der Waals surface area contributed by atoms with Crippen molar-refractivity contribution in [2.24, 2.45) is 0 Å². The van der Waals surface area contributed by atoms with E-state index in [4.69, 9.17) is 5.11 Å². The Morgan fingerprint density at radius 2 is 2.11 bits per heavy atom. The highest BCUT2D eigenvalue weighted by Crippen LogP contribution is 2.21. The van der Waals surface area contributed by atoms with Crippen LogP contribution in [0.25, 0.3) is 0 Å². The third kappa shape index (κ3) is 5.54. The summed E-state index contributed by atoms with van der Waals surface area (Å²) in [6.45, 7) is 3.04. The number of hydrogen-bond donors (Lipinski definition) is 2. The van der Waals surface area contributed by atoms with Crippen LogP contribution >= 0.6 is 15.9 Å². The Balaban J connectivity index is 2.28. The lowest BCUT2D eigenvalue weighted by atomic mass is 10.1. The minimum absolute atomic E-state index is 0.276. The van der Waals surface area contributed by atoms with E-state index >= 15 is 0 Å².